The highest BCUT2D eigenvalue weighted by atomic mass is 35.5. The number of fused-ring (bicyclic) bond motifs is 1. The minimum absolute atomic E-state index is 0.0627. The summed E-state index contributed by atoms with van der Waals surface area (Å²) in [6, 6.07) is 11.0. The second kappa shape index (κ2) is 7.12. The summed E-state index contributed by atoms with van der Waals surface area (Å²) in [6.45, 7) is 3.25. The van der Waals surface area contributed by atoms with Gasteiger partial charge in [0.15, 0.2) is 11.5 Å². The largest absolute Gasteiger partial charge is 0.486 e. The minimum Gasteiger partial charge on any atom is -0.486 e. The number of nitrogens with one attached hydrogen (secondary N) is 1. The zero-order valence-electron chi connectivity index (χ0n) is 14.8. The first-order valence-corrected chi connectivity index (χ1v) is 9.16. The van der Waals surface area contributed by atoms with Gasteiger partial charge in [-0.15, -0.1) is 0 Å². The molecule has 7 heteroatoms. The lowest BCUT2D eigenvalue weighted by atomic mass is 10.1. The van der Waals surface area contributed by atoms with E-state index in [1.807, 2.05) is 31.2 Å². The van der Waals surface area contributed by atoms with Gasteiger partial charge in [0, 0.05) is 30.8 Å². The Labute approximate surface area is 162 Å². The van der Waals surface area contributed by atoms with Crippen LogP contribution in [0.4, 0.5) is 11.4 Å². The lowest BCUT2D eigenvalue weighted by molar-refractivity contribution is -0.122. The predicted octanol–water partition coefficient (Wildman–Crippen LogP) is 3.41. The van der Waals surface area contributed by atoms with E-state index in [4.69, 9.17) is 21.1 Å². The highest BCUT2D eigenvalue weighted by Gasteiger charge is 2.35. The number of halogens is 1. The average Bonchev–Trinajstić information content (AvgIpc) is 3.05. The van der Waals surface area contributed by atoms with Crippen LogP contribution >= 0.6 is 11.6 Å². The molecule has 140 valence electrons. The van der Waals surface area contributed by atoms with E-state index in [0.717, 1.165) is 11.3 Å². The van der Waals surface area contributed by atoms with E-state index in [0.29, 0.717) is 42.0 Å². The summed E-state index contributed by atoms with van der Waals surface area (Å²) in [4.78, 5) is 26.7. The molecule has 2 aromatic rings. The summed E-state index contributed by atoms with van der Waals surface area (Å²) in [5, 5.41) is 3.19. The van der Waals surface area contributed by atoms with Crippen molar-refractivity contribution in [3.05, 3.63) is 47.0 Å². The van der Waals surface area contributed by atoms with Crippen molar-refractivity contribution in [2.24, 2.45) is 5.92 Å². The Morgan fingerprint density at radius 1 is 1.15 bits per heavy atom. The van der Waals surface area contributed by atoms with Gasteiger partial charge in [0.1, 0.15) is 13.2 Å². The summed E-state index contributed by atoms with van der Waals surface area (Å²) >= 11 is 6.25. The number of hydrogen-bond acceptors (Lipinski definition) is 4. The molecule has 0 saturated carbocycles. The summed E-state index contributed by atoms with van der Waals surface area (Å²) in [6.07, 6.45) is 0.169. The smallest absolute Gasteiger partial charge is 0.229 e. The number of anilines is 2. The van der Waals surface area contributed by atoms with Crippen molar-refractivity contribution in [1.82, 2.24) is 0 Å². The third-order valence-electron chi connectivity index (χ3n) is 4.73. The fourth-order valence-electron chi connectivity index (χ4n) is 3.25. The van der Waals surface area contributed by atoms with Gasteiger partial charge in [-0.05, 0) is 19.1 Å². The molecule has 27 heavy (non-hydrogen) atoms. The Morgan fingerprint density at radius 3 is 2.52 bits per heavy atom. The third kappa shape index (κ3) is 3.57. The molecule has 2 amide bonds. The summed E-state index contributed by atoms with van der Waals surface area (Å²) in [7, 11) is 0. The van der Waals surface area contributed by atoms with Crippen LogP contribution < -0.4 is 19.7 Å². The van der Waals surface area contributed by atoms with Gasteiger partial charge in [0.25, 0.3) is 0 Å². The van der Waals surface area contributed by atoms with Crippen LogP contribution in [-0.4, -0.2) is 31.6 Å². The fourth-order valence-corrected chi connectivity index (χ4v) is 3.45. The molecule has 6 nitrogen and oxygen atoms in total. The van der Waals surface area contributed by atoms with Gasteiger partial charge >= 0.3 is 0 Å². The molecule has 0 radical (unpaired) electrons. The first-order chi connectivity index (χ1) is 13.0. The molecule has 0 aromatic heterocycles. The Hall–Kier alpha value is -2.73. The van der Waals surface area contributed by atoms with Crippen molar-refractivity contribution in [1.29, 1.82) is 0 Å². The maximum absolute atomic E-state index is 12.7. The van der Waals surface area contributed by atoms with Crippen molar-refractivity contribution >= 4 is 34.8 Å². The van der Waals surface area contributed by atoms with E-state index in [2.05, 4.69) is 5.32 Å². The Balaban J connectivity index is 1.48. The molecule has 0 bridgehead atoms. The van der Waals surface area contributed by atoms with Gasteiger partial charge in [0.05, 0.1) is 16.6 Å². The van der Waals surface area contributed by atoms with Crippen LogP contribution in [0.25, 0.3) is 0 Å². The van der Waals surface area contributed by atoms with Gasteiger partial charge in [-0.1, -0.05) is 29.3 Å². The molecule has 1 N–H and O–H groups in total. The lowest BCUT2D eigenvalue weighted by Gasteiger charge is -2.20. The van der Waals surface area contributed by atoms with Crippen LogP contribution in [0.1, 0.15) is 12.0 Å². The summed E-state index contributed by atoms with van der Waals surface area (Å²) < 4.78 is 11.0. The minimum atomic E-state index is -0.442. The monoisotopic (exact) mass is 386 g/mol. The topological polar surface area (TPSA) is 67.9 Å². The molecule has 2 heterocycles. The second-order valence-electron chi connectivity index (χ2n) is 6.71. The average molecular weight is 387 g/mol. The van der Waals surface area contributed by atoms with Crippen molar-refractivity contribution in [2.75, 3.05) is 30.0 Å². The normalized spacial score (nSPS) is 18.5. The molecule has 1 unspecified atom stereocenters. The van der Waals surface area contributed by atoms with Crippen molar-refractivity contribution < 1.29 is 19.1 Å². The van der Waals surface area contributed by atoms with Gasteiger partial charge in [-0.25, -0.2) is 0 Å². The standard InChI is InChI=1S/C20H19ClN2O4/c1-12-2-4-14(5-3-12)23-11-13(8-19(23)24)20(25)22-16-10-18-17(9-15(16)21)26-6-7-27-18/h2-5,9-10,13H,6-8,11H2,1H3,(H,22,25). The zero-order valence-corrected chi connectivity index (χ0v) is 15.6. The number of carbonyl (C=O) groups excluding carboxylic acids is 2. The van der Waals surface area contributed by atoms with Crippen LogP contribution in [0, 0.1) is 12.8 Å². The summed E-state index contributed by atoms with van der Waals surface area (Å²) in [5.74, 6) is 0.363. The van der Waals surface area contributed by atoms with Crippen molar-refractivity contribution in [3.63, 3.8) is 0 Å². The maximum atomic E-state index is 12.7. The summed E-state index contributed by atoms with van der Waals surface area (Å²) in [5.41, 5.74) is 2.37. The molecule has 1 atom stereocenters. The van der Waals surface area contributed by atoms with Crippen LogP contribution in [0.5, 0.6) is 11.5 Å². The Kier molecular flexibility index (Phi) is 4.66. The van der Waals surface area contributed by atoms with Crippen LogP contribution in [0.3, 0.4) is 0 Å². The third-order valence-corrected chi connectivity index (χ3v) is 5.04. The lowest BCUT2D eigenvalue weighted by Crippen LogP contribution is -2.28. The first-order valence-electron chi connectivity index (χ1n) is 8.78. The van der Waals surface area contributed by atoms with Crippen LogP contribution in [-0.2, 0) is 9.59 Å². The maximum Gasteiger partial charge on any atom is 0.229 e. The number of benzene rings is 2. The molecular formula is C20H19ClN2O4. The fraction of sp³-hybridized carbons (Fsp3) is 0.300. The first kappa shape index (κ1) is 17.7. The number of carbonyl (C=O) groups is 2. The molecule has 2 aromatic carbocycles. The quantitative estimate of drug-likeness (QED) is 0.877. The van der Waals surface area contributed by atoms with Crippen molar-refractivity contribution in [3.8, 4) is 11.5 Å². The number of aryl methyl sites for hydroxylation is 1. The van der Waals surface area contributed by atoms with E-state index in [9.17, 15) is 9.59 Å². The molecule has 1 saturated heterocycles. The van der Waals surface area contributed by atoms with Crippen LogP contribution in [0.2, 0.25) is 5.02 Å². The number of nitrogens with zero attached hydrogens (tertiary/aromatic N) is 1. The second-order valence-corrected chi connectivity index (χ2v) is 7.11. The highest BCUT2D eigenvalue weighted by molar-refractivity contribution is 6.34. The number of ether oxygens (including phenoxy) is 2. The van der Waals surface area contributed by atoms with Gasteiger partial charge in [-0.2, -0.15) is 0 Å². The predicted molar refractivity (Wildman–Crippen MR) is 103 cm³/mol. The van der Waals surface area contributed by atoms with Crippen LogP contribution in [0.15, 0.2) is 36.4 Å². The molecule has 4 rings (SSSR count). The Bertz CT molecular complexity index is 898. The van der Waals surface area contributed by atoms with Crippen molar-refractivity contribution in [2.45, 2.75) is 13.3 Å². The van der Waals surface area contributed by atoms with E-state index in [1.54, 1.807) is 17.0 Å². The highest BCUT2D eigenvalue weighted by Crippen LogP contribution is 2.38. The Morgan fingerprint density at radius 2 is 1.81 bits per heavy atom. The molecule has 2 aliphatic rings. The number of amides is 2. The van der Waals surface area contributed by atoms with Gasteiger partial charge in [0.2, 0.25) is 11.8 Å². The molecule has 0 spiro atoms. The molecule has 2 aliphatic heterocycles. The SMILES string of the molecule is Cc1ccc(N2CC(C(=O)Nc3cc4c(cc3Cl)OCCO4)CC2=O)cc1. The zero-order chi connectivity index (χ0) is 19.0. The molecule has 0 aliphatic carbocycles. The van der Waals surface area contributed by atoms with Gasteiger partial charge in [-0.3, -0.25) is 9.59 Å². The number of hydrogen-bond donors (Lipinski definition) is 1. The molecular weight excluding hydrogens is 368 g/mol. The van der Waals surface area contributed by atoms with Gasteiger partial charge < -0.3 is 19.7 Å². The van der Waals surface area contributed by atoms with E-state index in [-0.39, 0.29) is 18.2 Å². The van der Waals surface area contributed by atoms with E-state index in [1.165, 1.54) is 0 Å². The van der Waals surface area contributed by atoms with E-state index < -0.39 is 5.92 Å². The molecule has 1 fully saturated rings. The number of rotatable bonds is 3. The van der Waals surface area contributed by atoms with E-state index >= 15 is 0 Å².